The van der Waals surface area contributed by atoms with Gasteiger partial charge in [0.2, 0.25) is 11.8 Å². The fraction of sp³-hybridized carbons (Fsp3) is 0.765. The molecule has 24 heavy (non-hydrogen) atoms. The molecule has 0 spiro atoms. The summed E-state index contributed by atoms with van der Waals surface area (Å²) in [6.07, 6.45) is 2.85. The second kappa shape index (κ2) is 7.63. The first-order chi connectivity index (χ1) is 11.5. The van der Waals surface area contributed by atoms with E-state index < -0.39 is 0 Å². The van der Waals surface area contributed by atoms with Gasteiger partial charge in [-0.15, -0.1) is 0 Å². The van der Waals surface area contributed by atoms with E-state index >= 15 is 0 Å². The van der Waals surface area contributed by atoms with Crippen LogP contribution in [-0.4, -0.2) is 71.8 Å². The highest BCUT2D eigenvalue weighted by molar-refractivity contribution is 5.91. The van der Waals surface area contributed by atoms with Crippen LogP contribution in [0.1, 0.15) is 32.4 Å². The van der Waals surface area contributed by atoms with Gasteiger partial charge in [-0.1, -0.05) is 5.16 Å². The number of aromatic nitrogens is 1. The Morgan fingerprint density at radius 2 is 2.12 bits per heavy atom. The molecule has 0 aromatic carbocycles. The van der Waals surface area contributed by atoms with Crippen LogP contribution < -0.4 is 5.32 Å². The van der Waals surface area contributed by atoms with Crippen molar-refractivity contribution < 1.29 is 14.1 Å². The Kier molecular flexibility index (Phi) is 5.53. The molecule has 1 N–H and O–H groups in total. The predicted octanol–water partition coefficient (Wildman–Crippen LogP) is 1.50. The molecule has 134 valence electrons. The van der Waals surface area contributed by atoms with E-state index in [0.717, 1.165) is 44.7 Å². The van der Waals surface area contributed by atoms with Crippen LogP contribution in [0.5, 0.6) is 0 Å². The molecule has 2 aliphatic heterocycles. The maximum absolute atomic E-state index is 12.2. The van der Waals surface area contributed by atoms with Gasteiger partial charge in [0, 0.05) is 31.7 Å². The van der Waals surface area contributed by atoms with Gasteiger partial charge in [0.15, 0.2) is 0 Å². The van der Waals surface area contributed by atoms with Gasteiger partial charge in [-0.05, 0) is 40.2 Å². The molecule has 0 saturated carbocycles. The molecule has 2 saturated heterocycles. The van der Waals surface area contributed by atoms with Gasteiger partial charge >= 0.3 is 0 Å². The third kappa shape index (κ3) is 4.55. The normalized spacial score (nSPS) is 29.0. The van der Waals surface area contributed by atoms with Crippen LogP contribution in [0.3, 0.4) is 0 Å². The van der Waals surface area contributed by atoms with Crippen molar-refractivity contribution in [1.82, 2.24) is 15.0 Å². The molecule has 2 fully saturated rings. The number of rotatable bonds is 5. The molecule has 7 heteroatoms. The maximum Gasteiger partial charge on any atom is 0.240 e. The van der Waals surface area contributed by atoms with Crippen molar-refractivity contribution in [3.63, 3.8) is 0 Å². The number of hydrogen-bond donors (Lipinski definition) is 1. The lowest BCUT2D eigenvalue weighted by molar-refractivity contribution is -0.118. The first kappa shape index (κ1) is 17.4. The van der Waals surface area contributed by atoms with Crippen LogP contribution in [0.25, 0.3) is 0 Å². The summed E-state index contributed by atoms with van der Waals surface area (Å²) in [7, 11) is 0. The number of hydrogen-bond acceptors (Lipinski definition) is 6. The minimum atomic E-state index is -0.0400. The first-order valence-corrected chi connectivity index (χ1v) is 8.84. The van der Waals surface area contributed by atoms with E-state index in [9.17, 15) is 4.79 Å². The van der Waals surface area contributed by atoms with Gasteiger partial charge in [-0.3, -0.25) is 19.9 Å². The Balaban J connectivity index is 1.50. The van der Waals surface area contributed by atoms with Crippen LogP contribution in [0, 0.1) is 6.92 Å². The molecular weight excluding hydrogens is 308 g/mol. The van der Waals surface area contributed by atoms with Crippen LogP contribution in [-0.2, 0) is 9.53 Å². The van der Waals surface area contributed by atoms with Crippen LogP contribution in [0.2, 0.25) is 0 Å². The van der Waals surface area contributed by atoms with Crippen LogP contribution >= 0.6 is 0 Å². The Hall–Kier alpha value is -1.44. The Bertz CT molecular complexity index is 552. The third-order valence-electron chi connectivity index (χ3n) is 4.70. The van der Waals surface area contributed by atoms with Crippen molar-refractivity contribution >= 4 is 11.8 Å². The summed E-state index contributed by atoms with van der Waals surface area (Å²) in [6.45, 7) is 10.4. The van der Waals surface area contributed by atoms with Crippen molar-refractivity contribution in [2.75, 3.05) is 38.0 Å². The smallest absolute Gasteiger partial charge is 0.240 e. The quantitative estimate of drug-likeness (QED) is 0.878. The molecule has 0 aliphatic carbocycles. The van der Waals surface area contributed by atoms with Crippen LogP contribution in [0.4, 0.5) is 5.88 Å². The summed E-state index contributed by atoms with van der Waals surface area (Å²) in [5.74, 6) is 0.380. The van der Waals surface area contributed by atoms with Gasteiger partial charge in [0.25, 0.3) is 0 Å². The van der Waals surface area contributed by atoms with Gasteiger partial charge < -0.3 is 9.26 Å². The van der Waals surface area contributed by atoms with E-state index in [0.29, 0.717) is 18.5 Å². The third-order valence-corrected chi connectivity index (χ3v) is 4.70. The van der Waals surface area contributed by atoms with E-state index in [1.165, 1.54) is 0 Å². The fourth-order valence-corrected chi connectivity index (χ4v) is 3.83. The molecular formula is C17H28N4O3. The second-order valence-electron chi connectivity index (χ2n) is 7.12. The summed E-state index contributed by atoms with van der Waals surface area (Å²) in [4.78, 5) is 17.0. The number of carbonyl (C=O) groups excluding carboxylic acids is 1. The molecule has 0 radical (unpaired) electrons. The molecule has 3 rings (SSSR count). The Labute approximate surface area is 143 Å². The van der Waals surface area contributed by atoms with Crippen molar-refractivity contribution in [2.24, 2.45) is 0 Å². The lowest BCUT2D eigenvalue weighted by atomic mass is 10.1. The largest absolute Gasteiger partial charge is 0.373 e. The minimum absolute atomic E-state index is 0.0400. The molecule has 1 amide bonds. The molecule has 0 bridgehead atoms. The van der Waals surface area contributed by atoms with Crippen LogP contribution in [0.15, 0.2) is 10.6 Å². The highest BCUT2D eigenvalue weighted by atomic mass is 16.5. The fourth-order valence-electron chi connectivity index (χ4n) is 3.83. The standard InChI is InChI=1S/C17H28N4O3/c1-12-7-17(24-19-12)18-16(22)11-21-6-4-5-15(21)10-20-8-13(2)23-14(3)9-20/h7,13-15H,4-6,8-11H2,1-3H3,(H,18,22). The number of aryl methyl sites for hydroxylation is 1. The number of likely N-dealkylation sites (tertiary alicyclic amines) is 1. The van der Waals surface area contributed by atoms with Crippen molar-refractivity contribution in [2.45, 2.75) is 51.9 Å². The number of anilines is 1. The highest BCUT2D eigenvalue weighted by Crippen LogP contribution is 2.20. The zero-order valence-corrected chi connectivity index (χ0v) is 14.8. The zero-order chi connectivity index (χ0) is 17.1. The summed E-state index contributed by atoms with van der Waals surface area (Å²) in [6, 6.07) is 2.17. The average molecular weight is 336 g/mol. The average Bonchev–Trinajstić information content (AvgIpc) is 3.07. The lowest BCUT2D eigenvalue weighted by Gasteiger charge is -2.38. The second-order valence-corrected chi connectivity index (χ2v) is 7.12. The van der Waals surface area contributed by atoms with E-state index in [1.807, 2.05) is 6.92 Å². The molecule has 1 aromatic heterocycles. The molecule has 3 unspecified atom stereocenters. The first-order valence-electron chi connectivity index (χ1n) is 8.84. The summed E-state index contributed by atoms with van der Waals surface area (Å²) < 4.78 is 10.9. The Morgan fingerprint density at radius 1 is 1.38 bits per heavy atom. The lowest BCUT2D eigenvalue weighted by Crippen LogP contribution is -2.50. The van der Waals surface area contributed by atoms with Gasteiger partial charge in [-0.25, -0.2) is 0 Å². The molecule has 1 aromatic rings. The van der Waals surface area contributed by atoms with Crippen molar-refractivity contribution in [3.05, 3.63) is 11.8 Å². The minimum Gasteiger partial charge on any atom is -0.373 e. The number of carbonyl (C=O) groups is 1. The molecule has 7 nitrogen and oxygen atoms in total. The van der Waals surface area contributed by atoms with Gasteiger partial charge in [0.1, 0.15) is 0 Å². The SMILES string of the molecule is Cc1cc(NC(=O)CN2CCCC2CN2CC(C)OC(C)C2)on1. The summed E-state index contributed by atoms with van der Waals surface area (Å²) in [5.41, 5.74) is 0.764. The summed E-state index contributed by atoms with van der Waals surface area (Å²) >= 11 is 0. The van der Waals surface area contributed by atoms with Gasteiger partial charge in [-0.2, -0.15) is 0 Å². The summed E-state index contributed by atoms with van der Waals surface area (Å²) in [5, 5.41) is 6.57. The number of morpholine rings is 1. The van der Waals surface area contributed by atoms with Crippen molar-refractivity contribution in [3.8, 4) is 0 Å². The van der Waals surface area contributed by atoms with E-state index in [2.05, 4.69) is 34.1 Å². The monoisotopic (exact) mass is 336 g/mol. The van der Waals surface area contributed by atoms with Crippen molar-refractivity contribution in [1.29, 1.82) is 0 Å². The number of amides is 1. The highest BCUT2D eigenvalue weighted by Gasteiger charge is 2.30. The van der Waals surface area contributed by atoms with Gasteiger partial charge in [0.05, 0.1) is 24.4 Å². The maximum atomic E-state index is 12.2. The Morgan fingerprint density at radius 3 is 2.79 bits per heavy atom. The molecule has 3 atom stereocenters. The number of ether oxygens (including phenoxy) is 1. The predicted molar refractivity (Wildman–Crippen MR) is 90.9 cm³/mol. The van der Waals surface area contributed by atoms with E-state index in [4.69, 9.17) is 9.26 Å². The zero-order valence-electron chi connectivity index (χ0n) is 14.8. The van der Waals surface area contributed by atoms with E-state index in [-0.39, 0.29) is 18.1 Å². The number of nitrogens with one attached hydrogen (secondary N) is 1. The van der Waals surface area contributed by atoms with E-state index in [1.54, 1.807) is 6.07 Å². The molecule has 2 aliphatic rings. The molecule has 3 heterocycles. The number of nitrogens with zero attached hydrogens (tertiary/aromatic N) is 3. The topological polar surface area (TPSA) is 70.8 Å².